The average Bonchev–Trinajstić information content (AvgIpc) is 2.50. The monoisotopic (exact) mass is 277 g/mol. The maximum Gasteiger partial charge on any atom is 0.227 e. The number of pyridine rings is 1. The lowest BCUT2D eigenvalue weighted by molar-refractivity contribution is -0.120. The van der Waals surface area contributed by atoms with Crippen LogP contribution in [0.1, 0.15) is 32.1 Å². The highest BCUT2D eigenvalue weighted by molar-refractivity contribution is 5.92. The molecular weight excluding hydrogens is 254 g/mol. The summed E-state index contributed by atoms with van der Waals surface area (Å²) >= 11 is 0. The van der Waals surface area contributed by atoms with Crippen LogP contribution in [0.5, 0.6) is 0 Å². The molecule has 0 radical (unpaired) electrons. The van der Waals surface area contributed by atoms with Crippen molar-refractivity contribution in [3.63, 3.8) is 0 Å². The van der Waals surface area contributed by atoms with E-state index in [0.29, 0.717) is 6.61 Å². The number of carbonyl (C=O) groups excluding carboxylic acids is 1. The summed E-state index contributed by atoms with van der Waals surface area (Å²) in [5, 5.41) is 6.09. The van der Waals surface area contributed by atoms with Gasteiger partial charge in [0.25, 0.3) is 0 Å². The fourth-order valence-corrected chi connectivity index (χ4v) is 2.46. The normalized spacial score (nSPS) is 15.8. The third kappa shape index (κ3) is 4.49. The molecule has 2 N–H and O–H groups in total. The number of ether oxygens (including phenoxy) is 1. The van der Waals surface area contributed by atoms with Gasteiger partial charge in [0.05, 0.1) is 18.5 Å². The molecule has 0 bridgehead atoms. The van der Waals surface area contributed by atoms with Gasteiger partial charge in [-0.3, -0.25) is 4.79 Å². The first kappa shape index (κ1) is 14.8. The highest BCUT2D eigenvalue weighted by Gasteiger charge is 2.20. The number of anilines is 2. The zero-order valence-electron chi connectivity index (χ0n) is 12.0. The first-order chi connectivity index (χ1) is 9.79. The van der Waals surface area contributed by atoms with Crippen molar-refractivity contribution in [1.29, 1.82) is 0 Å². The van der Waals surface area contributed by atoms with Gasteiger partial charge >= 0.3 is 0 Å². The first-order valence-corrected chi connectivity index (χ1v) is 7.29. The van der Waals surface area contributed by atoms with Crippen LogP contribution in [-0.4, -0.2) is 31.2 Å². The third-order valence-electron chi connectivity index (χ3n) is 3.62. The first-order valence-electron chi connectivity index (χ1n) is 7.29. The molecule has 0 saturated heterocycles. The second-order valence-corrected chi connectivity index (χ2v) is 5.18. The van der Waals surface area contributed by atoms with Crippen molar-refractivity contribution in [3.8, 4) is 0 Å². The van der Waals surface area contributed by atoms with Gasteiger partial charge in [-0.1, -0.05) is 19.3 Å². The summed E-state index contributed by atoms with van der Waals surface area (Å²) in [5.74, 6) is 1.09. The standard InChI is InChI=1S/C15H23N3O2/c1-20-10-9-16-14-8-7-13(11-17-14)18-15(19)12-5-3-2-4-6-12/h7-8,11-12H,2-6,9-10H2,1H3,(H,16,17)(H,18,19). The van der Waals surface area contributed by atoms with Gasteiger partial charge < -0.3 is 15.4 Å². The lowest BCUT2D eigenvalue weighted by atomic mass is 9.88. The number of amides is 1. The number of methoxy groups -OCH3 is 1. The zero-order chi connectivity index (χ0) is 14.2. The molecule has 20 heavy (non-hydrogen) atoms. The van der Waals surface area contributed by atoms with E-state index in [4.69, 9.17) is 4.74 Å². The largest absolute Gasteiger partial charge is 0.383 e. The quantitative estimate of drug-likeness (QED) is 0.785. The molecule has 2 rings (SSSR count). The molecule has 1 aromatic rings. The summed E-state index contributed by atoms with van der Waals surface area (Å²) < 4.78 is 4.96. The smallest absolute Gasteiger partial charge is 0.227 e. The Balaban J connectivity index is 1.81. The van der Waals surface area contributed by atoms with Crippen molar-refractivity contribution in [1.82, 2.24) is 4.98 Å². The van der Waals surface area contributed by atoms with Crippen molar-refractivity contribution in [3.05, 3.63) is 18.3 Å². The van der Waals surface area contributed by atoms with Crippen LogP contribution in [0, 0.1) is 5.92 Å². The predicted molar refractivity (Wildman–Crippen MR) is 79.8 cm³/mol. The molecule has 1 fully saturated rings. The lowest BCUT2D eigenvalue weighted by Gasteiger charge is -2.20. The number of hydrogen-bond donors (Lipinski definition) is 2. The number of nitrogens with zero attached hydrogens (tertiary/aromatic N) is 1. The minimum absolute atomic E-state index is 0.131. The molecular formula is C15H23N3O2. The molecule has 1 heterocycles. The van der Waals surface area contributed by atoms with Gasteiger partial charge in [0.1, 0.15) is 5.82 Å². The molecule has 110 valence electrons. The maximum atomic E-state index is 12.1. The van der Waals surface area contributed by atoms with Crippen LogP contribution < -0.4 is 10.6 Å². The Kier molecular flexibility index (Phi) is 5.80. The van der Waals surface area contributed by atoms with Crippen LogP contribution in [0.3, 0.4) is 0 Å². The minimum Gasteiger partial charge on any atom is -0.383 e. The maximum absolute atomic E-state index is 12.1. The molecule has 5 nitrogen and oxygen atoms in total. The number of aromatic nitrogens is 1. The van der Waals surface area contributed by atoms with E-state index in [1.54, 1.807) is 13.3 Å². The summed E-state index contributed by atoms with van der Waals surface area (Å²) in [6, 6.07) is 3.75. The topological polar surface area (TPSA) is 63.2 Å². The van der Waals surface area contributed by atoms with E-state index in [9.17, 15) is 4.79 Å². The van der Waals surface area contributed by atoms with E-state index in [2.05, 4.69) is 15.6 Å². The van der Waals surface area contributed by atoms with Crippen LogP contribution in [-0.2, 0) is 9.53 Å². The molecule has 0 unspecified atom stereocenters. The van der Waals surface area contributed by atoms with Gasteiger partial charge in [-0.05, 0) is 25.0 Å². The molecule has 1 aliphatic carbocycles. The summed E-state index contributed by atoms with van der Waals surface area (Å²) in [7, 11) is 1.67. The number of rotatable bonds is 6. The summed E-state index contributed by atoms with van der Waals surface area (Å²) in [6.07, 6.45) is 7.30. The third-order valence-corrected chi connectivity index (χ3v) is 3.62. The number of hydrogen-bond acceptors (Lipinski definition) is 4. The van der Waals surface area contributed by atoms with Crippen LogP contribution in [0.15, 0.2) is 18.3 Å². The Morgan fingerprint density at radius 2 is 2.15 bits per heavy atom. The molecule has 1 saturated carbocycles. The van der Waals surface area contributed by atoms with Crippen LogP contribution in [0.4, 0.5) is 11.5 Å². The van der Waals surface area contributed by atoms with Gasteiger partial charge in [0, 0.05) is 19.6 Å². The minimum atomic E-state index is 0.131. The van der Waals surface area contributed by atoms with Crippen molar-refractivity contribution in [2.24, 2.45) is 5.92 Å². The van der Waals surface area contributed by atoms with Crippen LogP contribution in [0.25, 0.3) is 0 Å². The molecule has 0 aromatic carbocycles. The van der Waals surface area contributed by atoms with Crippen molar-refractivity contribution in [2.75, 3.05) is 30.9 Å². The van der Waals surface area contributed by atoms with Gasteiger partial charge in [-0.25, -0.2) is 4.98 Å². The van der Waals surface area contributed by atoms with Crippen LogP contribution >= 0.6 is 0 Å². The van der Waals surface area contributed by atoms with Crippen molar-refractivity contribution >= 4 is 17.4 Å². The van der Waals surface area contributed by atoms with E-state index in [1.807, 2.05) is 12.1 Å². The molecule has 1 aromatic heterocycles. The number of carbonyl (C=O) groups is 1. The van der Waals surface area contributed by atoms with Gasteiger partial charge in [0.2, 0.25) is 5.91 Å². The Labute approximate surface area is 120 Å². The van der Waals surface area contributed by atoms with E-state index >= 15 is 0 Å². The highest BCUT2D eigenvalue weighted by atomic mass is 16.5. The van der Waals surface area contributed by atoms with E-state index in [-0.39, 0.29) is 11.8 Å². The Hall–Kier alpha value is -1.62. The SMILES string of the molecule is COCCNc1ccc(NC(=O)C2CCCCC2)cn1. The summed E-state index contributed by atoms with van der Waals surface area (Å²) in [6.45, 7) is 1.36. The van der Waals surface area contributed by atoms with Crippen molar-refractivity contribution in [2.45, 2.75) is 32.1 Å². The van der Waals surface area contributed by atoms with Gasteiger partial charge in [-0.2, -0.15) is 0 Å². The molecule has 5 heteroatoms. The second kappa shape index (κ2) is 7.85. The molecule has 1 amide bonds. The predicted octanol–water partition coefficient (Wildman–Crippen LogP) is 2.66. The highest BCUT2D eigenvalue weighted by Crippen LogP contribution is 2.24. The second-order valence-electron chi connectivity index (χ2n) is 5.18. The fraction of sp³-hybridized carbons (Fsp3) is 0.600. The van der Waals surface area contributed by atoms with Gasteiger partial charge in [-0.15, -0.1) is 0 Å². The molecule has 0 atom stereocenters. The molecule has 0 aliphatic heterocycles. The van der Waals surface area contributed by atoms with Crippen LogP contribution in [0.2, 0.25) is 0 Å². The zero-order valence-corrected chi connectivity index (χ0v) is 12.0. The van der Waals surface area contributed by atoms with E-state index in [1.165, 1.54) is 19.3 Å². The Bertz CT molecular complexity index is 414. The van der Waals surface area contributed by atoms with Crippen molar-refractivity contribution < 1.29 is 9.53 Å². The number of nitrogens with one attached hydrogen (secondary N) is 2. The lowest BCUT2D eigenvalue weighted by Crippen LogP contribution is -2.24. The Morgan fingerprint density at radius 3 is 2.80 bits per heavy atom. The Morgan fingerprint density at radius 1 is 1.35 bits per heavy atom. The summed E-state index contributed by atoms with van der Waals surface area (Å²) in [4.78, 5) is 16.4. The van der Waals surface area contributed by atoms with E-state index < -0.39 is 0 Å². The average molecular weight is 277 g/mol. The van der Waals surface area contributed by atoms with E-state index in [0.717, 1.165) is 30.9 Å². The molecule has 1 aliphatic rings. The van der Waals surface area contributed by atoms with Gasteiger partial charge in [0.15, 0.2) is 0 Å². The fourth-order valence-electron chi connectivity index (χ4n) is 2.46. The molecule has 0 spiro atoms. The summed E-state index contributed by atoms with van der Waals surface area (Å²) in [5.41, 5.74) is 0.762.